The van der Waals surface area contributed by atoms with Crippen molar-refractivity contribution in [3.63, 3.8) is 0 Å². The summed E-state index contributed by atoms with van der Waals surface area (Å²) < 4.78 is 14.8. The Labute approximate surface area is 97.4 Å². The van der Waals surface area contributed by atoms with E-state index in [1.807, 2.05) is 6.92 Å². The van der Waals surface area contributed by atoms with Gasteiger partial charge in [0.25, 0.3) is 0 Å². The van der Waals surface area contributed by atoms with Gasteiger partial charge in [-0.3, -0.25) is 4.79 Å². The van der Waals surface area contributed by atoms with E-state index in [1.165, 1.54) is 7.11 Å². The van der Waals surface area contributed by atoms with E-state index in [2.05, 4.69) is 10.1 Å². The first-order chi connectivity index (χ1) is 7.72. The number of hydrogen-bond acceptors (Lipinski definition) is 5. The zero-order valence-corrected chi connectivity index (χ0v) is 10.5. The third-order valence-electron chi connectivity index (χ3n) is 2.13. The molecule has 16 heavy (non-hydrogen) atoms. The second-order valence-electron chi connectivity index (χ2n) is 3.59. The minimum Gasteiger partial charge on any atom is -0.469 e. The van der Waals surface area contributed by atoms with Crippen LogP contribution in [0.3, 0.4) is 0 Å². The summed E-state index contributed by atoms with van der Waals surface area (Å²) in [5.74, 6) is -0.275. The van der Waals surface area contributed by atoms with Gasteiger partial charge in [0.2, 0.25) is 0 Å². The summed E-state index contributed by atoms with van der Waals surface area (Å²) in [6, 6.07) is 0. The highest BCUT2D eigenvalue weighted by atomic mass is 16.5. The van der Waals surface area contributed by atoms with Crippen LogP contribution >= 0.6 is 0 Å². The molecule has 0 aliphatic carbocycles. The minimum absolute atomic E-state index is 0.0978. The van der Waals surface area contributed by atoms with E-state index in [0.717, 1.165) is 13.0 Å². The molecule has 0 aliphatic rings. The molecule has 0 aromatic heterocycles. The monoisotopic (exact) mass is 233 g/mol. The summed E-state index contributed by atoms with van der Waals surface area (Å²) in [6.07, 6.45) is 0.928. The lowest BCUT2D eigenvalue weighted by Crippen LogP contribution is -2.28. The van der Waals surface area contributed by atoms with Gasteiger partial charge in [0, 0.05) is 20.3 Å². The molecule has 5 heteroatoms. The average molecular weight is 233 g/mol. The topological polar surface area (TPSA) is 56.8 Å². The highest BCUT2D eigenvalue weighted by Gasteiger charge is 2.11. The molecular weight excluding hydrogens is 210 g/mol. The van der Waals surface area contributed by atoms with Gasteiger partial charge >= 0.3 is 5.97 Å². The summed E-state index contributed by atoms with van der Waals surface area (Å²) in [7, 11) is 3.06. The lowest BCUT2D eigenvalue weighted by molar-refractivity contribution is -0.144. The molecule has 0 saturated heterocycles. The molecule has 0 fully saturated rings. The van der Waals surface area contributed by atoms with Crippen molar-refractivity contribution in [1.29, 1.82) is 0 Å². The maximum Gasteiger partial charge on any atom is 0.309 e. The minimum atomic E-state index is -0.177. The predicted octanol–water partition coefficient (Wildman–Crippen LogP) is 0.438. The number of methoxy groups -OCH3 is 2. The van der Waals surface area contributed by atoms with Crippen LogP contribution in [0.15, 0.2) is 0 Å². The van der Waals surface area contributed by atoms with Crippen LogP contribution in [0.4, 0.5) is 0 Å². The molecule has 96 valence electrons. The first-order valence-corrected chi connectivity index (χ1v) is 5.57. The number of nitrogens with one attached hydrogen (secondary N) is 1. The number of hydrogen-bond donors (Lipinski definition) is 1. The van der Waals surface area contributed by atoms with Crippen molar-refractivity contribution in [3.8, 4) is 0 Å². The van der Waals surface area contributed by atoms with E-state index in [1.54, 1.807) is 7.11 Å². The first kappa shape index (κ1) is 15.3. The SMILES string of the molecule is COCCOCCCNCC(C)C(=O)OC. The Bertz CT molecular complexity index is 175. The Morgan fingerprint density at radius 2 is 2.00 bits per heavy atom. The number of esters is 1. The normalized spacial score (nSPS) is 12.4. The Kier molecular flexibility index (Phi) is 10.4. The van der Waals surface area contributed by atoms with E-state index in [4.69, 9.17) is 9.47 Å². The fourth-order valence-corrected chi connectivity index (χ4v) is 1.15. The molecule has 0 rings (SSSR count). The fraction of sp³-hybridized carbons (Fsp3) is 0.909. The van der Waals surface area contributed by atoms with Crippen molar-refractivity contribution in [2.75, 3.05) is 47.1 Å². The molecule has 0 aromatic carbocycles. The summed E-state index contributed by atoms with van der Waals surface area (Å²) in [5, 5.41) is 3.18. The lowest BCUT2D eigenvalue weighted by atomic mass is 10.2. The van der Waals surface area contributed by atoms with Gasteiger partial charge in [0.1, 0.15) is 0 Å². The maximum atomic E-state index is 11.0. The Hall–Kier alpha value is -0.650. The van der Waals surface area contributed by atoms with E-state index in [9.17, 15) is 4.79 Å². The van der Waals surface area contributed by atoms with Crippen LogP contribution in [0.2, 0.25) is 0 Å². The van der Waals surface area contributed by atoms with Gasteiger partial charge in [-0.1, -0.05) is 6.92 Å². The summed E-state index contributed by atoms with van der Waals surface area (Å²) in [5.41, 5.74) is 0. The van der Waals surface area contributed by atoms with Crippen LogP contribution < -0.4 is 5.32 Å². The van der Waals surface area contributed by atoms with Gasteiger partial charge in [-0.15, -0.1) is 0 Å². The quantitative estimate of drug-likeness (QED) is 0.438. The Morgan fingerprint density at radius 3 is 2.62 bits per heavy atom. The van der Waals surface area contributed by atoms with Gasteiger partial charge in [-0.25, -0.2) is 0 Å². The molecule has 0 aliphatic heterocycles. The molecule has 1 N–H and O–H groups in total. The van der Waals surface area contributed by atoms with Gasteiger partial charge in [0.05, 0.1) is 26.2 Å². The predicted molar refractivity (Wildman–Crippen MR) is 61.4 cm³/mol. The van der Waals surface area contributed by atoms with Crippen LogP contribution in [0, 0.1) is 5.92 Å². The largest absolute Gasteiger partial charge is 0.469 e. The third-order valence-corrected chi connectivity index (χ3v) is 2.13. The molecule has 0 spiro atoms. The standard InChI is InChI=1S/C11H23NO4/c1-10(11(13)15-3)9-12-5-4-6-16-8-7-14-2/h10,12H,4-9H2,1-3H3. The molecule has 0 heterocycles. The van der Waals surface area contributed by atoms with Crippen LogP contribution in [0.1, 0.15) is 13.3 Å². The smallest absolute Gasteiger partial charge is 0.309 e. The molecule has 5 nitrogen and oxygen atoms in total. The highest BCUT2D eigenvalue weighted by Crippen LogP contribution is 1.95. The summed E-state index contributed by atoms with van der Waals surface area (Å²) in [4.78, 5) is 11.0. The van der Waals surface area contributed by atoms with E-state index < -0.39 is 0 Å². The Morgan fingerprint density at radius 1 is 1.25 bits per heavy atom. The Balaban J connectivity index is 3.17. The number of carbonyl (C=O) groups excluding carboxylic acids is 1. The molecular formula is C11H23NO4. The zero-order chi connectivity index (χ0) is 12.2. The van der Waals surface area contributed by atoms with E-state index >= 15 is 0 Å². The van der Waals surface area contributed by atoms with Crippen molar-refractivity contribution in [3.05, 3.63) is 0 Å². The number of rotatable bonds is 10. The van der Waals surface area contributed by atoms with Crippen molar-refractivity contribution in [1.82, 2.24) is 5.32 Å². The molecule has 0 aromatic rings. The molecule has 0 radical (unpaired) electrons. The zero-order valence-electron chi connectivity index (χ0n) is 10.5. The van der Waals surface area contributed by atoms with Gasteiger partial charge < -0.3 is 19.5 Å². The molecule has 0 saturated carbocycles. The number of ether oxygens (including phenoxy) is 3. The average Bonchev–Trinajstić information content (AvgIpc) is 2.31. The van der Waals surface area contributed by atoms with Crippen LogP contribution in [0.5, 0.6) is 0 Å². The molecule has 1 atom stereocenters. The fourth-order valence-electron chi connectivity index (χ4n) is 1.15. The third kappa shape index (κ3) is 8.64. The van der Waals surface area contributed by atoms with Crippen molar-refractivity contribution >= 4 is 5.97 Å². The van der Waals surface area contributed by atoms with Crippen molar-refractivity contribution < 1.29 is 19.0 Å². The van der Waals surface area contributed by atoms with E-state index in [0.29, 0.717) is 26.4 Å². The lowest BCUT2D eigenvalue weighted by Gasteiger charge is -2.10. The van der Waals surface area contributed by atoms with Crippen LogP contribution in [-0.4, -0.2) is 53.1 Å². The highest BCUT2D eigenvalue weighted by molar-refractivity contribution is 5.71. The molecule has 1 unspecified atom stereocenters. The maximum absolute atomic E-state index is 11.0. The van der Waals surface area contributed by atoms with Gasteiger partial charge in [-0.2, -0.15) is 0 Å². The second-order valence-corrected chi connectivity index (χ2v) is 3.59. The van der Waals surface area contributed by atoms with Crippen molar-refractivity contribution in [2.45, 2.75) is 13.3 Å². The molecule has 0 bridgehead atoms. The van der Waals surface area contributed by atoms with Gasteiger partial charge in [-0.05, 0) is 13.0 Å². The molecule has 0 amide bonds. The summed E-state index contributed by atoms with van der Waals surface area (Å²) >= 11 is 0. The van der Waals surface area contributed by atoms with E-state index in [-0.39, 0.29) is 11.9 Å². The van der Waals surface area contributed by atoms with Crippen LogP contribution in [-0.2, 0) is 19.0 Å². The summed E-state index contributed by atoms with van der Waals surface area (Å²) in [6.45, 7) is 5.30. The van der Waals surface area contributed by atoms with Crippen molar-refractivity contribution in [2.24, 2.45) is 5.92 Å². The van der Waals surface area contributed by atoms with Gasteiger partial charge in [0.15, 0.2) is 0 Å². The first-order valence-electron chi connectivity index (χ1n) is 5.57. The van der Waals surface area contributed by atoms with Crippen LogP contribution in [0.25, 0.3) is 0 Å². The number of carbonyl (C=O) groups is 1. The second kappa shape index (κ2) is 10.9.